The maximum atomic E-state index is 12.4. The Morgan fingerprint density at radius 3 is 2.57 bits per heavy atom. The summed E-state index contributed by atoms with van der Waals surface area (Å²) in [6.45, 7) is 10.8. The Morgan fingerprint density at radius 2 is 1.87 bits per heavy atom. The molecule has 0 aliphatic heterocycles. The number of nitrogens with one attached hydrogen (secondary N) is 1. The van der Waals surface area contributed by atoms with Crippen LogP contribution in [-0.2, 0) is 11.3 Å². The average Bonchev–Trinajstić information content (AvgIpc) is 3.14. The van der Waals surface area contributed by atoms with Crippen molar-refractivity contribution in [1.82, 2.24) is 14.8 Å². The van der Waals surface area contributed by atoms with Crippen molar-refractivity contribution in [3.8, 4) is 5.75 Å². The van der Waals surface area contributed by atoms with Gasteiger partial charge in [0.15, 0.2) is 17.1 Å². The van der Waals surface area contributed by atoms with E-state index in [9.17, 15) is 4.79 Å². The van der Waals surface area contributed by atoms with Crippen LogP contribution in [0.2, 0.25) is 0 Å². The van der Waals surface area contributed by atoms with Crippen molar-refractivity contribution in [3.05, 3.63) is 65.0 Å². The van der Waals surface area contributed by atoms with Crippen LogP contribution in [0.15, 0.2) is 47.6 Å². The molecule has 7 heteroatoms. The Hall–Kier alpha value is -2.80. The topological polar surface area (TPSA) is 69.0 Å². The molecule has 2 aromatic carbocycles. The van der Waals surface area contributed by atoms with E-state index in [1.54, 1.807) is 0 Å². The molecule has 0 fully saturated rings. The fourth-order valence-corrected chi connectivity index (χ4v) is 3.89. The number of aryl methyl sites for hydroxylation is 3. The van der Waals surface area contributed by atoms with Crippen molar-refractivity contribution in [2.45, 2.75) is 52.4 Å². The number of carbonyl (C=O) groups is 1. The number of anilines is 1. The highest BCUT2D eigenvalue weighted by Crippen LogP contribution is 2.26. The second kappa shape index (κ2) is 9.80. The fourth-order valence-electron chi connectivity index (χ4n) is 3.08. The summed E-state index contributed by atoms with van der Waals surface area (Å²) in [7, 11) is 0. The van der Waals surface area contributed by atoms with Crippen LogP contribution in [0.3, 0.4) is 0 Å². The summed E-state index contributed by atoms with van der Waals surface area (Å²) in [6.07, 6.45) is -0.253. The monoisotopic (exact) mass is 424 g/mol. The normalized spacial score (nSPS) is 11.9. The minimum atomic E-state index is -0.253. The Kier molecular flexibility index (Phi) is 7.15. The highest BCUT2D eigenvalue weighted by molar-refractivity contribution is 7.99. The van der Waals surface area contributed by atoms with Crippen molar-refractivity contribution < 1.29 is 9.53 Å². The minimum absolute atomic E-state index is 0.0698. The molecule has 1 amide bonds. The van der Waals surface area contributed by atoms with Crippen molar-refractivity contribution in [2.24, 2.45) is 0 Å². The molecule has 1 atom stereocenters. The quantitative estimate of drug-likeness (QED) is 0.510. The molecule has 1 heterocycles. The van der Waals surface area contributed by atoms with E-state index < -0.39 is 0 Å². The molecule has 0 saturated carbocycles. The number of rotatable bonds is 8. The Balaban J connectivity index is 1.64. The van der Waals surface area contributed by atoms with Crippen LogP contribution >= 0.6 is 11.8 Å². The lowest BCUT2D eigenvalue weighted by Crippen LogP contribution is -2.15. The lowest BCUT2D eigenvalue weighted by atomic mass is 10.1. The van der Waals surface area contributed by atoms with E-state index in [1.807, 2.05) is 74.7 Å². The van der Waals surface area contributed by atoms with Gasteiger partial charge in [-0.1, -0.05) is 36.0 Å². The SMILES string of the molecule is CCn1c(SCC(=O)Nc2ccc(C)c(C)c2)nnc1C(C)Oc1ccccc1C. The molecule has 0 radical (unpaired) electrons. The molecule has 158 valence electrons. The summed E-state index contributed by atoms with van der Waals surface area (Å²) in [5.74, 6) is 1.77. The summed E-state index contributed by atoms with van der Waals surface area (Å²) < 4.78 is 8.10. The van der Waals surface area contributed by atoms with Crippen LogP contribution in [-0.4, -0.2) is 26.4 Å². The number of benzene rings is 2. The third-order valence-electron chi connectivity index (χ3n) is 4.95. The number of carbonyl (C=O) groups excluding carboxylic acids is 1. The summed E-state index contributed by atoms with van der Waals surface area (Å²) in [5.41, 5.74) is 4.23. The van der Waals surface area contributed by atoms with E-state index in [0.717, 1.165) is 28.4 Å². The zero-order valence-corrected chi connectivity index (χ0v) is 18.9. The van der Waals surface area contributed by atoms with Gasteiger partial charge < -0.3 is 14.6 Å². The van der Waals surface area contributed by atoms with E-state index >= 15 is 0 Å². The van der Waals surface area contributed by atoms with Gasteiger partial charge in [0.05, 0.1) is 5.75 Å². The van der Waals surface area contributed by atoms with Gasteiger partial charge in [-0.05, 0) is 69.5 Å². The predicted octanol–water partition coefficient (Wildman–Crippen LogP) is 5.09. The number of amides is 1. The van der Waals surface area contributed by atoms with Crippen LogP contribution in [0.25, 0.3) is 0 Å². The number of nitrogens with zero attached hydrogens (tertiary/aromatic N) is 3. The first-order valence-electron chi connectivity index (χ1n) is 10.0. The molecule has 1 N–H and O–H groups in total. The third-order valence-corrected chi connectivity index (χ3v) is 5.91. The summed E-state index contributed by atoms with van der Waals surface area (Å²) in [4.78, 5) is 12.4. The largest absolute Gasteiger partial charge is 0.482 e. The maximum Gasteiger partial charge on any atom is 0.234 e. The molecule has 0 aliphatic rings. The molecule has 0 bridgehead atoms. The van der Waals surface area contributed by atoms with Crippen LogP contribution < -0.4 is 10.1 Å². The number of aromatic nitrogens is 3. The lowest BCUT2D eigenvalue weighted by Gasteiger charge is -2.17. The molecular weight excluding hydrogens is 396 g/mol. The van der Waals surface area contributed by atoms with Crippen molar-refractivity contribution in [3.63, 3.8) is 0 Å². The van der Waals surface area contributed by atoms with Gasteiger partial charge in [0.2, 0.25) is 5.91 Å². The van der Waals surface area contributed by atoms with E-state index in [0.29, 0.717) is 11.7 Å². The molecular formula is C23H28N4O2S. The number of para-hydroxylation sites is 1. The third kappa shape index (κ3) is 5.21. The Labute approximate surface area is 182 Å². The van der Waals surface area contributed by atoms with Crippen LogP contribution in [0, 0.1) is 20.8 Å². The highest BCUT2D eigenvalue weighted by atomic mass is 32.2. The van der Waals surface area contributed by atoms with Crippen molar-refractivity contribution >= 4 is 23.4 Å². The van der Waals surface area contributed by atoms with E-state index in [1.165, 1.54) is 17.3 Å². The van der Waals surface area contributed by atoms with E-state index in [2.05, 4.69) is 22.4 Å². The van der Waals surface area contributed by atoms with Gasteiger partial charge in [0.1, 0.15) is 5.75 Å². The first-order chi connectivity index (χ1) is 14.4. The molecule has 3 rings (SSSR count). The lowest BCUT2D eigenvalue weighted by molar-refractivity contribution is -0.113. The second-order valence-electron chi connectivity index (χ2n) is 7.25. The number of thioether (sulfide) groups is 1. The summed E-state index contributed by atoms with van der Waals surface area (Å²) >= 11 is 1.38. The minimum Gasteiger partial charge on any atom is -0.482 e. The van der Waals surface area contributed by atoms with Gasteiger partial charge in [0.25, 0.3) is 0 Å². The molecule has 0 saturated heterocycles. The van der Waals surface area contributed by atoms with Gasteiger partial charge >= 0.3 is 0 Å². The zero-order chi connectivity index (χ0) is 21.7. The molecule has 3 aromatic rings. The zero-order valence-electron chi connectivity index (χ0n) is 18.1. The van der Waals surface area contributed by atoms with Crippen molar-refractivity contribution in [1.29, 1.82) is 0 Å². The van der Waals surface area contributed by atoms with Crippen molar-refractivity contribution in [2.75, 3.05) is 11.1 Å². The number of hydrogen-bond donors (Lipinski definition) is 1. The summed E-state index contributed by atoms with van der Waals surface area (Å²) in [6, 6.07) is 13.8. The first kappa shape index (κ1) is 21.9. The van der Waals surface area contributed by atoms with Crippen LogP contribution in [0.1, 0.15) is 42.5 Å². The highest BCUT2D eigenvalue weighted by Gasteiger charge is 2.20. The second-order valence-corrected chi connectivity index (χ2v) is 8.19. The first-order valence-corrected chi connectivity index (χ1v) is 11.0. The molecule has 30 heavy (non-hydrogen) atoms. The van der Waals surface area contributed by atoms with Gasteiger partial charge in [-0.3, -0.25) is 4.79 Å². The molecule has 0 spiro atoms. The van der Waals surface area contributed by atoms with E-state index in [4.69, 9.17) is 4.74 Å². The van der Waals surface area contributed by atoms with Crippen LogP contribution in [0.4, 0.5) is 5.69 Å². The fraction of sp³-hybridized carbons (Fsp3) is 0.348. The molecule has 6 nitrogen and oxygen atoms in total. The average molecular weight is 425 g/mol. The molecule has 1 aromatic heterocycles. The molecule has 1 unspecified atom stereocenters. The number of ether oxygens (including phenoxy) is 1. The summed E-state index contributed by atoms with van der Waals surface area (Å²) in [5, 5.41) is 12.3. The Bertz CT molecular complexity index is 1030. The Morgan fingerprint density at radius 1 is 1.10 bits per heavy atom. The number of hydrogen-bond acceptors (Lipinski definition) is 5. The van der Waals surface area contributed by atoms with Crippen LogP contribution in [0.5, 0.6) is 5.75 Å². The van der Waals surface area contributed by atoms with Gasteiger partial charge in [0, 0.05) is 12.2 Å². The molecule has 0 aliphatic carbocycles. The standard InChI is InChI=1S/C23H28N4O2S/c1-6-27-22(18(5)29-20-10-8-7-9-16(20)3)25-26-23(27)30-14-21(28)24-19-12-11-15(2)17(4)13-19/h7-13,18H,6,14H2,1-5H3,(H,24,28). The van der Waals surface area contributed by atoms with Gasteiger partial charge in [-0.25, -0.2) is 0 Å². The maximum absolute atomic E-state index is 12.4. The van der Waals surface area contributed by atoms with Gasteiger partial charge in [-0.15, -0.1) is 10.2 Å². The van der Waals surface area contributed by atoms with E-state index in [-0.39, 0.29) is 17.8 Å². The predicted molar refractivity (Wildman–Crippen MR) is 121 cm³/mol. The van der Waals surface area contributed by atoms with Gasteiger partial charge in [-0.2, -0.15) is 0 Å². The smallest absolute Gasteiger partial charge is 0.234 e.